The number of sulfone groups is 1. The Bertz CT molecular complexity index is 1360. The number of nitrogens with zero attached hydrogens (tertiary/aromatic N) is 6. The summed E-state index contributed by atoms with van der Waals surface area (Å²) in [6.45, 7) is 0.737. The number of aliphatic hydroxyl groups excluding tert-OH is 1. The molecule has 0 radical (unpaired) electrons. The number of hydrogen-bond acceptors (Lipinski definition) is 11. The molecule has 0 spiro atoms. The summed E-state index contributed by atoms with van der Waals surface area (Å²) < 4.78 is 59.5. The van der Waals surface area contributed by atoms with Gasteiger partial charge >= 0.3 is 0 Å². The molecule has 2 fully saturated rings. The normalized spacial score (nSPS) is 22.0. The number of ether oxygens (including phenoxy) is 3. The van der Waals surface area contributed by atoms with Crippen LogP contribution in [0.5, 0.6) is 11.5 Å². The smallest absolute Gasteiger partial charge is 0.225 e. The number of β-amino-alcohol motifs (C(OH)–C–C–N with tert-alkyl or cyclic N) is 1. The summed E-state index contributed by atoms with van der Waals surface area (Å²) >= 11 is 0. The summed E-state index contributed by atoms with van der Waals surface area (Å²) in [5.74, 6) is 0.619. The third kappa shape index (κ3) is 5.15. The highest BCUT2D eigenvalue weighted by molar-refractivity contribution is 7.91. The molecule has 2 aromatic heterocycles. The van der Waals surface area contributed by atoms with E-state index in [0.29, 0.717) is 36.0 Å². The highest BCUT2D eigenvalue weighted by atomic mass is 32.2. The Kier molecular flexibility index (Phi) is 7.45. The number of methoxy groups -OCH3 is 2. The second-order valence-corrected chi connectivity index (χ2v) is 11.5. The topological polar surface area (TPSA) is 142 Å². The van der Waals surface area contributed by atoms with Crippen LogP contribution in [0.15, 0.2) is 30.6 Å². The number of anilines is 1. The van der Waals surface area contributed by atoms with Crippen LogP contribution in [0, 0.1) is 5.82 Å². The summed E-state index contributed by atoms with van der Waals surface area (Å²) in [4.78, 5) is 9.43. The Labute approximate surface area is 219 Å². The van der Waals surface area contributed by atoms with Gasteiger partial charge in [-0.05, 0) is 31.4 Å². The molecule has 0 unspecified atom stereocenters. The average Bonchev–Trinajstić information content (AvgIpc) is 3.58. The van der Waals surface area contributed by atoms with Gasteiger partial charge in [0, 0.05) is 19.7 Å². The van der Waals surface area contributed by atoms with Crippen molar-refractivity contribution >= 4 is 15.8 Å². The first-order valence-electron chi connectivity index (χ1n) is 12.2. The van der Waals surface area contributed by atoms with E-state index in [9.17, 15) is 17.9 Å². The maximum absolute atomic E-state index is 13.7. The van der Waals surface area contributed by atoms with Gasteiger partial charge in [-0.15, -0.1) is 10.2 Å². The first-order valence-corrected chi connectivity index (χ1v) is 13.9. The fraction of sp³-hybridized carbons (Fsp3) is 0.500. The summed E-state index contributed by atoms with van der Waals surface area (Å²) in [5, 5.41) is 18.2. The molecule has 4 heterocycles. The highest BCUT2D eigenvalue weighted by Crippen LogP contribution is 2.38. The van der Waals surface area contributed by atoms with E-state index in [0.717, 1.165) is 18.8 Å². The minimum Gasteiger partial charge on any atom is -0.494 e. The summed E-state index contributed by atoms with van der Waals surface area (Å²) in [6, 6.07) is 5.25. The van der Waals surface area contributed by atoms with E-state index in [1.54, 1.807) is 27.7 Å². The number of aromatic nitrogens is 5. The molecule has 2 aliphatic rings. The van der Waals surface area contributed by atoms with Gasteiger partial charge in [-0.25, -0.2) is 22.8 Å². The third-order valence-electron chi connectivity index (χ3n) is 6.72. The number of rotatable bonds is 8. The van der Waals surface area contributed by atoms with Crippen LogP contribution >= 0.6 is 0 Å². The number of para-hydroxylation sites is 1. The first kappa shape index (κ1) is 26.3. The van der Waals surface area contributed by atoms with Crippen LogP contribution in [0.1, 0.15) is 37.0 Å². The second kappa shape index (κ2) is 10.8. The van der Waals surface area contributed by atoms with Crippen LogP contribution in [0.4, 0.5) is 10.3 Å². The number of halogens is 1. The van der Waals surface area contributed by atoms with E-state index in [2.05, 4.69) is 20.2 Å². The molecular weight excluding hydrogens is 519 g/mol. The van der Waals surface area contributed by atoms with Crippen molar-refractivity contribution in [2.45, 2.75) is 42.5 Å². The van der Waals surface area contributed by atoms with Gasteiger partial charge in [0.1, 0.15) is 29.0 Å². The number of hydrogen-bond donors (Lipinski definition) is 1. The molecule has 1 aromatic carbocycles. The van der Waals surface area contributed by atoms with E-state index in [1.807, 2.05) is 0 Å². The maximum Gasteiger partial charge on any atom is 0.225 e. The zero-order valence-corrected chi connectivity index (χ0v) is 21.8. The molecule has 3 atom stereocenters. The lowest BCUT2D eigenvalue weighted by atomic mass is 10.1. The third-order valence-corrected chi connectivity index (χ3v) is 8.73. The molecule has 3 aromatic rings. The van der Waals surface area contributed by atoms with E-state index in [1.165, 1.54) is 14.2 Å². The van der Waals surface area contributed by atoms with Crippen LogP contribution in [0.3, 0.4) is 0 Å². The van der Waals surface area contributed by atoms with Crippen molar-refractivity contribution in [1.82, 2.24) is 24.7 Å². The highest BCUT2D eigenvalue weighted by Gasteiger charge is 2.38. The lowest BCUT2D eigenvalue weighted by Gasteiger charge is -2.35. The van der Waals surface area contributed by atoms with Crippen LogP contribution in [-0.4, -0.2) is 83.5 Å². The van der Waals surface area contributed by atoms with Gasteiger partial charge in [0.2, 0.25) is 5.95 Å². The molecule has 1 N–H and O–H groups in total. The SMILES string of the molecule is COc1cccc(OC)c1-n1c(CS(=O)(=O)[C@H]2C[C@H](O)CN(c3ncc(F)cn3)C2)nnc1[C@@H]1CCCO1. The number of benzene rings is 1. The van der Waals surface area contributed by atoms with Crippen molar-refractivity contribution in [3.05, 3.63) is 48.1 Å². The average molecular weight is 549 g/mol. The Hall–Kier alpha value is -3.36. The monoisotopic (exact) mass is 548 g/mol. The molecule has 204 valence electrons. The molecule has 38 heavy (non-hydrogen) atoms. The van der Waals surface area contributed by atoms with Gasteiger partial charge in [0.05, 0.1) is 38.0 Å². The molecule has 12 nitrogen and oxygen atoms in total. The molecule has 0 amide bonds. The van der Waals surface area contributed by atoms with E-state index in [-0.39, 0.29) is 37.4 Å². The van der Waals surface area contributed by atoms with Gasteiger partial charge in [-0.2, -0.15) is 0 Å². The van der Waals surface area contributed by atoms with Gasteiger partial charge in [-0.3, -0.25) is 4.57 Å². The van der Waals surface area contributed by atoms with Gasteiger partial charge in [-0.1, -0.05) is 6.07 Å². The van der Waals surface area contributed by atoms with Crippen molar-refractivity contribution in [3.8, 4) is 17.2 Å². The lowest BCUT2D eigenvalue weighted by Crippen LogP contribution is -2.49. The molecule has 0 saturated carbocycles. The molecule has 0 aliphatic carbocycles. The van der Waals surface area contributed by atoms with Crippen LogP contribution in [0.2, 0.25) is 0 Å². The minimum absolute atomic E-state index is 0.0325. The fourth-order valence-corrected chi connectivity index (χ4v) is 6.63. The molecule has 2 aliphatic heterocycles. The Balaban J connectivity index is 1.51. The van der Waals surface area contributed by atoms with Crippen LogP contribution in [0.25, 0.3) is 5.69 Å². The van der Waals surface area contributed by atoms with Crippen molar-refractivity contribution in [1.29, 1.82) is 0 Å². The molecular formula is C24H29FN6O6S. The summed E-state index contributed by atoms with van der Waals surface area (Å²) in [6.07, 6.45) is 2.29. The van der Waals surface area contributed by atoms with Gasteiger partial charge < -0.3 is 24.2 Å². The summed E-state index contributed by atoms with van der Waals surface area (Å²) in [5.41, 5.74) is 0.475. The van der Waals surface area contributed by atoms with Crippen molar-refractivity contribution < 1.29 is 32.1 Å². The standard InChI is InChI=1S/C24H29FN6O6S/c1-35-18-5-3-6-19(36-2)22(18)31-21(28-29-23(31)20-7-4-8-37-20)14-38(33,34)17-9-16(32)12-30(13-17)24-26-10-15(25)11-27-24/h3,5-6,10-11,16-17,20,32H,4,7-9,12-14H2,1-2H3/t16-,17-,20-/m0/s1. The van der Waals surface area contributed by atoms with Crippen molar-refractivity contribution in [2.24, 2.45) is 0 Å². The Morgan fingerprint density at radius 1 is 1.13 bits per heavy atom. The quantitative estimate of drug-likeness (QED) is 0.439. The Morgan fingerprint density at radius 3 is 2.47 bits per heavy atom. The first-order chi connectivity index (χ1) is 18.3. The molecule has 14 heteroatoms. The number of piperidine rings is 1. The lowest BCUT2D eigenvalue weighted by molar-refractivity contribution is 0.103. The zero-order chi connectivity index (χ0) is 26.9. The molecule has 5 rings (SSSR count). The minimum atomic E-state index is -3.88. The van der Waals surface area contributed by atoms with E-state index < -0.39 is 32.8 Å². The Morgan fingerprint density at radius 2 is 1.84 bits per heavy atom. The van der Waals surface area contributed by atoms with Crippen LogP contribution in [-0.2, 0) is 20.3 Å². The number of aliphatic hydroxyl groups is 1. The second-order valence-electron chi connectivity index (χ2n) is 9.25. The molecule has 2 saturated heterocycles. The summed E-state index contributed by atoms with van der Waals surface area (Å²) in [7, 11) is -0.847. The maximum atomic E-state index is 13.7. The van der Waals surface area contributed by atoms with Gasteiger partial charge in [0.25, 0.3) is 0 Å². The largest absolute Gasteiger partial charge is 0.494 e. The molecule has 0 bridgehead atoms. The zero-order valence-electron chi connectivity index (χ0n) is 21.0. The van der Waals surface area contributed by atoms with E-state index >= 15 is 0 Å². The van der Waals surface area contributed by atoms with Crippen molar-refractivity contribution in [2.75, 3.05) is 38.8 Å². The van der Waals surface area contributed by atoms with Gasteiger partial charge in [0.15, 0.2) is 27.3 Å². The van der Waals surface area contributed by atoms with Crippen molar-refractivity contribution in [3.63, 3.8) is 0 Å². The fourth-order valence-electron chi connectivity index (χ4n) is 4.93. The van der Waals surface area contributed by atoms with Crippen LogP contribution < -0.4 is 14.4 Å². The predicted octanol–water partition coefficient (Wildman–Crippen LogP) is 1.62. The predicted molar refractivity (Wildman–Crippen MR) is 134 cm³/mol. The van der Waals surface area contributed by atoms with E-state index in [4.69, 9.17) is 14.2 Å².